The highest BCUT2D eigenvalue weighted by molar-refractivity contribution is 7.89. The van der Waals surface area contributed by atoms with Gasteiger partial charge in [-0.25, -0.2) is 13.2 Å². The Balaban J connectivity index is 3.25. The molecule has 19 heavy (non-hydrogen) atoms. The minimum atomic E-state index is -3.91. The molecule has 1 heterocycles. The van der Waals surface area contributed by atoms with Crippen molar-refractivity contribution in [1.29, 1.82) is 0 Å². The number of carboxylic acid groups (broad SMARTS) is 1. The first-order valence-corrected chi connectivity index (χ1v) is 7.43. The van der Waals surface area contributed by atoms with Crippen molar-refractivity contribution in [2.45, 2.75) is 44.7 Å². The van der Waals surface area contributed by atoms with E-state index in [2.05, 4.69) is 10.2 Å². The van der Waals surface area contributed by atoms with Crippen molar-refractivity contribution in [3.8, 4) is 0 Å². The number of hydrogen-bond acceptors (Lipinski definition) is 4. The molecule has 0 saturated heterocycles. The Morgan fingerprint density at radius 2 is 2.11 bits per heavy atom. The van der Waals surface area contributed by atoms with Gasteiger partial charge in [0.15, 0.2) is 0 Å². The molecule has 0 fully saturated rings. The Morgan fingerprint density at radius 1 is 1.53 bits per heavy atom. The van der Waals surface area contributed by atoms with Crippen LogP contribution in [0.3, 0.4) is 0 Å². The minimum absolute atomic E-state index is 0.214. The van der Waals surface area contributed by atoms with E-state index in [1.54, 1.807) is 6.92 Å². The number of aromatic amines is 1. The summed E-state index contributed by atoms with van der Waals surface area (Å²) in [6, 6.07) is -0.214. The monoisotopic (exact) mass is 289 g/mol. The highest BCUT2D eigenvalue weighted by Crippen LogP contribution is 2.22. The molecule has 0 aliphatic rings. The van der Waals surface area contributed by atoms with Crippen LogP contribution in [0.5, 0.6) is 0 Å². The lowest BCUT2D eigenvalue weighted by atomic mass is 10.2. The van der Waals surface area contributed by atoms with Crippen LogP contribution in [0.1, 0.15) is 42.7 Å². The van der Waals surface area contributed by atoms with E-state index in [9.17, 15) is 13.2 Å². The summed E-state index contributed by atoms with van der Waals surface area (Å²) in [5, 5.41) is 14.7. The summed E-state index contributed by atoms with van der Waals surface area (Å²) in [7, 11) is -2.47. The SMILES string of the molecule is CCCC(C)N(C)S(=O)(=O)c1n[nH]c(C)c1C(=O)O. The molecule has 1 aromatic heterocycles. The zero-order chi connectivity index (χ0) is 14.8. The molecule has 0 amide bonds. The quantitative estimate of drug-likeness (QED) is 0.819. The highest BCUT2D eigenvalue weighted by Gasteiger charge is 2.33. The summed E-state index contributed by atoms with van der Waals surface area (Å²) in [6.45, 7) is 5.21. The molecule has 1 rings (SSSR count). The van der Waals surface area contributed by atoms with Crippen molar-refractivity contribution in [2.75, 3.05) is 7.05 Å². The maximum atomic E-state index is 12.4. The molecule has 1 unspecified atom stereocenters. The van der Waals surface area contributed by atoms with Gasteiger partial charge in [-0.2, -0.15) is 9.40 Å². The van der Waals surface area contributed by atoms with E-state index >= 15 is 0 Å². The zero-order valence-corrected chi connectivity index (χ0v) is 12.3. The second-order valence-corrected chi connectivity index (χ2v) is 6.41. The van der Waals surface area contributed by atoms with Gasteiger partial charge in [0, 0.05) is 18.8 Å². The lowest BCUT2D eigenvalue weighted by molar-refractivity contribution is 0.0691. The Morgan fingerprint density at radius 3 is 2.58 bits per heavy atom. The number of hydrogen-bond donors (Lipinski definition) is 2. The van der Waals surface area contributed by atoms with Crippen LogP contribution in [-0.4, -0.2) is 47.1 Å². The van der Waals surface area contributed by atoms with E-state index in [1.807, 2.05) is 6.92 Å². The number of rotatable bonds is 6. The Labute approximate surface area is 112 Å². The Bertz CT molecular complexity index is 564. The van der Waals surface area contributed by atoms with Gasteiger partial charge < -0.3 is 5.11 Å². The van der Waals surface area contributed by atoms with Crippen molar-refractivity contribution in [3.05, 3.63) is 11.3 Å². The third-order valence-electron chi connectivity index (χ3n) is 3.08. The van der Waals surface area contributed by atoms with Crippen LogP contribution < -0.4 is 0 Å². The molecule has 0 aliphatic heterocycles. The van der Waals surface area contributed by atoms with Crippen molar-refractivity contribution in [1.82, 2.24) is 14.5 Å². The number of nitrogens with zero attached hydrogens (tertiary/aromatic N) is 2. The standard InChI is InChI=1S/C11H19N3O4S/c1-5-6-7(2)14(4)19(17,18)10-9(11(15)16)8(3)12-13-10/h7H,5-6H2,1-4H3,(H,12,13)(H,15,16). The first-order valence-electron chi connectivity index (χ1n) is 5.99. The summed E-state index contributed by atoms with van der Waals surface area (Å²) in [6.07, 6.45) is 1.54. The van der Waals surface area contributed by atoms with Gasteiger partial charge in [-0.05, 0) is 20.3 Å². The molecule has 0 saturated carbocycles. The molecule has 1 aromatic rings. The topological polar surface area (TPSA) is 103 Å². The molecule has 0 spiro atoms. The number of aryl methyl sites for hydroxylation is 1. The van der Waals surface area contributed by atoms with E-state index in [0.29, 0.717) is 6.42 Å². The second-order valence-electron chi connectivity index (χ2n) is 4.49. The average molecular weight is 289 g/mol. The van der Waals surface area contributed by atoms with E-state index in [1.165, 1.54) is 18.3 Å². The number of sulfonamides is 1. The first-order chi connectivity index (χ1) is 8.73. The van der Waals surface area contributed by atoms with Crippen LogP contribution in [0.4, 0.5) is 0 Å². The average Bonchev–Trinajstić information content (AvgIpc) is 2.71. The van der Waals surface area contributed by atoms with Gasteiger partial charge in [0.1, 0.15) is 5.56 Å². The van der Waals surface area contributed by atoms with Gasteiger partial charge in [0.25, 0.3) is 10.0 Å². The fourth-order valence-electron chi connectivity index (χ4n) is 1.82. The minimum Gasteiger partial charge on any atom is -0.478 e. The van der Waals surface area contributed by atoms with Crippen LogP contribution in [0.15, 0.2) is 5.03 Å². The van der Waals surface area contributed by atoms with E-state index in [-0.39, 0.29) is 17.3 Å². The van der Waals surface area contributed by atoms with Crippen LogP contribution >= 0.6 is 0 Å². The Hall–Kier alpha value is -1.41. The lowest BCUT2D eigenvalue weighted by Gasteiger charge is -2.23. The molecule has 0 aromatic carbocycles. The van der Waals surface area contributed by atoms with E-state index < -0.39 is 21.0 Å². The molecule has 1 atom stereocenters. The fourth-order valence-corrected chi connectivity index (χ4v) is 3.33. The molecule has 7 nitrogen and oxygen atoms in total. The predicted molar refractivity (Wildman–Crippen MR) is 69.6 cm³/mol. The van der Waals surface area contributed by atoms with Crippen molar-refractivity contribution in [3.63, 3.8) is 0 Å². The molecular weight excluding hydrogens is 270 g/mol. The first kappa shape index (κ1) is 15.6. The maximum absolute atomic E-state index is 12.4. The molecule has 0 radical (unpaired) electrons. The van der Waals surface area contributed by atoms with Gasteiger partial charge in [-0.15, -0.1) is 0 Å². The van der Waals surface area contributed by atoms with Gasteiger partial charge in [0.2, 0.25) is 5.03 Å². The molecule has 108 valence electrons. The largest absolute Gasteiger partial charge is 0.478 e. The van der Waals surface area contributed by atoms with Crippen LogP contribution in [-0.2, 0) is 10.0 Å². The lowest BCUT2D eigenvalue weighted by Crippen LogP contribution is -2.36. The second kappa shape index (κ2) is 5.70. The van der Waals surface area contributed by atoms with Crippen LogP contribution in [0.25, 0.3) is 0 Å². The number of carbonyl (C=O) groups is 1. The zero-order valence-electron chi connectivity index (χ0n) is 11.5. The van der Waals surface area contributed by atoms with Gasteiger partial charge in [0.05, 0.1) is 0 Å². The predicted octanol–water partition coefficient (Wildman–Crippen LogP) is 1.23. The third kappa shape index (κ3) is 2.95. The number of aromatic nitrogens is 2. The summed E-state index contributed by atoms with van der Waals surface area (Å²) in [5.41, 5.74) is -0.0711. The van der Waals surface area contributed by atoms with Crippen LogP contribution in [0, 0.1) is 6.92 Å². The van der Waals surface area contributed by atoms with Crippen molar-refractivity contribution >= 4 is 16.0 Å². The van der Waals surface area contributed by atoms with Gasteiger partial charge >= 0.3 is 5.97 Å². The number of H-pyrrole nitrogens is 1. The third-order valence-corrected chi connectivity index (χ3v) is 4.98. The van der Waals surface area contributed by atoms with E-state index in [4.69, 9.17) is 5.11 Å². The number of aromatic carboxylic acids is 1. The molecule has 8 heteroatoms. The Kier molecular flexibility index (Phi) is 4.70. The molecular formula is C11H19N3O4S. The highest BCUT2D eigenvalue weighted by atomic mass is 32.2. The molecule has 2 N–H and O–H groups in total. The van der Waals surface area contributed by atoms with E-state index in [0.717, 1.165) is 6.42 Å². The van der Waals surface area contributed by atoms with Crippen molar-refractivity contribution in [2.24, 2.45) is 0 Å². The summed E-state index contributed by atoms with van der Waals surface area (Å²) < 4.78 is 25.9. The number of carboxylic acids is 1. The fraction of sp³-hybridized carbons (Fsp3) is 0.636. The smallest absolute Gasteiger partial charge is 0.340 e. The molecule has 0 aliphatic carbocycles. The molecule has 0 bridgehead atoms. The van der Waals surface area contributed by atoms with Crippen molar-refractivity contribution < 1.29 is 18.3 Å². The maximum Gasteiger partial charge on any atom is 0.340 e. The van der Waals surface area contributed by atoms with Gasteiger partial charge in [-0.3, -0.25) is 5.10 Å². The number of nitrogens with one attached hydrogen (secondary N) is 1. The summed E-state index contributed by atoms with van der Waals surface area (Å²) in [5.74, 6) is -1.30. The van der Waals surface area contributed by atoms with Gasteiger partial charge in [-0.1, -0.05) is 13.3 Å². The normalized spacial score (nSPS) is 13.7. The summed E-state index contributed by atoms with van der Waals surface area (Å²) >= 11 is 0. The summed E-state index contributed by atoms with van der Waals surface area (Å²) in [4.78, 5) is 11.1. The van der Waals surface area contributed by atoms with Crippen LogP contribution in [0.2, 0.25) is 0 Å².